The minimum absolute atomic E-state index is 0.0596. The first kappa shape index (κ1) is 16.0. The lowest BCUT2D eigenvalue weighted by Crippen LogP contribution is -2.40. The molecule has 1 heterocycles. The van der Waals surface area contributed by atoms with Gasteiger partial charge in [0.2, 0.25) is 0 Å². The van der Waals surface area contributed by atoms with Crippen LogP contribution in [0.25, 0.3) is 0 Å². The van der Waals surface area contributed by atoms with E-state index in [1.807, 2.05) is 61.5 Å². The predicted octanol–water partition coefficient (Wildman–Crippen LogP) is 3.92. The quantitative estimate of drug-likeness (QED) is 0.767. The van der Waals surface area contributed by atoms with Crippen molar-refractivity contribution in [3.05, 3.63) is 65.7 Å². The van der Waals surface area contributed by atoms with Crippen LogP contribution < -0.4 is 0 Å². The lowest BCUT2D eigenvalue weighted by molar-refractivity contribution is 0.314. The zero-order valence-electron chi connectivity index (χ0n) is 13.4. The first-order valence-corrected chi connectivity index (χ1v) is 9.17. The van der Waals surface area contributed by atoms with Crippen molar-refractivity contribution >= 4 is 11.0 Å². The second kappa shape index (κ2) is 7.59. The van der Waals surface area contributed by atoms with Crippen molar-refractivity contribution in [1.82, 2.24) is 4.31 Å². The van der Waals surface area contributed by atoms with Gasteiger partial charge in [0.25, 0.3) is 0 Å². The zero-order valence-corrected chi connectivity index (χ0v) is 14.2. The summed E-state index contributed by atoms with van der Waals surface area (Å²) in [4.78, 5) is 0.904. The molecule has 1 fully saturated rings. The van der Waals surface area contributed by atoms with Crippen molar-refractivity contribution in [3.8, 4) is 11.8 Å². The summed E-state index contributed by atoms with van der Waals surface area (Å²) in [6.07, 6.45) is 3.22. The summed E-state index contributed by atoms with van der Waals surface area (Å²) in [5.41, 5.74) is 2.09. The highest BCUT2D eigenvalue weighted by molar-refractivity contribution is 7.82. The summed E-state index contributed by atoms with van der Waals surface area (Å²) in [7, 11) is -1.14. The summed E-state index contributed by atoms with van der Waals surface area (Å²) in [6, 6.07) is 18.0. The molecule has 0 saturated carbocycles. The van der Waals surface area contributed by atoms with Gasteiger partial charge in [0.05, 0.1) is 10.9 Å². The Kier molecular flexibility index (Phi) is 5.27. The average Bonchev–Trinajstić information content (AvgIpc) is 2.61. The fourth-order valence-corrected chi connectivity index (χ4v) is 4.29. The number of aryl methyl sites for hydroxylation is 1. The van der Waals surface area contributed by atoms with Gasteiger partial charge in [-0.15, -0.1) is 0 Å². The van der Waals surface area contributed by atoms with E-state index in [4.69, 9.17) is 0 Å². The van der Waals surface area contributed by atoms with Crippen molar-refractivity contribution in [3.63, 3.8) is 0 Å². The van der Waals surface area contributed by atoms with Gasteiger partial charge in [0.1, 0.15) is 11.0 Å². The Labute approximate surface area is 141 Å². The van der Waals surface area contributed by atoms with E-state index >= 15 is 0 Å². The van der Waals surface area contributed by atoms with E-state index in [9.17, 15) is 4.21 Å². The molecule has 2 nitrogen and oxygen atoms in total. The fraction of sp³-hybridized carbons (Fsp3) is 0.300. The topological polar surface area (TPSA) is 20.3 Å². The molecular weight excluding hydrogens is 302 g/mol. The van der Waals surface area contributed by atoms with Gasteiger partial charge in [-0.1, -0.05) is 48.2 Å². The number of piperidine rings is 1. The van der Waals surface area contributed by atoms with Crippen molar-refractivity contribution < 1.29 is 4.21 Å². The summed E-state index contributed by atoms with van der Waals surface area (Å²) in [5, 5.41) is 0. The molecule has 1 saturated heterocycles. The molecule has 1 aliphatic heterocycles. The second-order valence-corrected chi connectivity index (χ2v) is 7.21. The zero-order chi connectivity index (χ0) is 16.1. The van der Waals surface area contributed by atoms with E-state index in [2.05, 4.69) is 16.1 Å². The molecule has 0 N–H and O–H groups in total. The molecule has 2 aromatic carbocycles. The Morgan fingerprint density at radius 1 is 1.04 bits per heavy atom. The number of hydrogen-bond donors (Lipinski definition) is 0. The molecule has 2 aromatic rings. The number of benzene rings is 2. The average molecular weight is 323 g/mol. The third kappa shape index (κ3) is 3.90. The monoisotopic (exact) mass is 323 g/mol. The summed E-state index contributed by atoms with van der Waals surface area (Å²) >= 11 is 0. The van der Waals surface area contributed by atoms with Crippen molar-refractivity contribution in [2.45, 2.75) is 37.1 Å². The van der Waals surface area contributed by atoms with Gasteiger partial charge in [0.15, 0.2) is 0 Å². The molecule has 2 atom stereocenters. The molecule has 118 valence electrons. The SMILES string of the molecule is Cc1ccccc1[S@](=O)N1CCCC[C@H]1C#Cc1ccccc1. The van der Waals surface area contributed by atoms with Crippen molar-refractivity contribution in [1.29, 1.82) is 0 Å². The molecule has 3 rings (SSSR count). The van der Waals surface area contributed by atoms with Crippen molar-refractivity contribution in [2.24, 2.45) is 0 Å². The van der Waals surface area contributed by atoms with Gasteiger partial charge < -0.3 is 0 Å². The number of hydrogen-bond acceptors (Lipinski definition) is 1. The number of rotatable bonds is 2. The highest BCUT2D eigenvalue weighted by Crippen LogP contribution is 2.24. The van der Waals surface area contributed by atoms with Gasteiger partial charge in [-0.2, -0.15) is 0 Å². The fourth-order valence-electron chi connectivity index (χ4n) is 2.81. The first-order chi connectivity index (χ1) is 11.3. The standard InChI is InChI=1S/C20H21NOS/c1-17-9-5-6-13-20(17)23(22)21-16-8-7-12-19(21)15-14-18-10-3-2-4-11-18/h2-6,9-11,13,19H,7-8,12,16H2,1H3/t19-,23-/m0/s1. The normalized spacial score (nSPS) is 19.6. The molecule has 0 spiro atoms. The van der Waals surface area contributed by atoms with E-state index in [-0.39, 0.29) is 6.04 Å². The summed E-state index contributed by atoms with van der Waals surface area (Å²) < 4.78 is 15.1. The van der Waals surface area contributed by atoms with Gasteiger partial charge in [-0.3, -0.25) is 0 Å². The molecule has 0 radical (unpaired) electrons. The maximum absolute atomic E-state index is 13.0. The minimum Gasteiger partial charge on any atom is -0.237 e. The lowest BCUT2D eigenvalue weighted by atomic mass is 10.1. The summed E-state index contributed by atoms with van der Waals surface area (Å²) in [6.45, 7) is 2.86. The molecule has 0 bridgehead atoms. The van der Waals surface area contributed by atoms with Crippen LogP contribution in [0, 0.1) is 18.8 Å². The van der Waals surface area contributed by atoms with Crippen LogP contribution in [0.15, 0.2) is 59.5 Å². The van der Waals surface area contributed by atoms with Crippen LogP contribution in [-0.4, -0.2) is 21.1 Å². The molecule has 1 aliphatic rings. The van der Waals surface area contributed by atoms with Crippen LogP contribution in [0.1, 0.15) is 30.4 Å². The Morgan fingerprint density at radius 3 is 2.57 bits per heavy atom. The Bertz CT molecular complexity index is 745. The van der Waals surface area contributed by atoms with Gasteiger partial charge in [0, 0.05) is 12.1 Å². The van der Waals surface area contributed by atoms with Crippen molar-refractivity contribution in [2.75, 3.05) is 6.54 Å². The minimum atomic E-state index is -1.14. The highest BCUT2D eigenvalue weighted by Gasteiger charge is 2.27. The molecule has 0 aromatic heterocycles. The smallest absolute Gasteiger partial charge is 0.129 e. The largest absolute Gasteiger partial charge is 0.237 e. The molecule has 3 heteroatoms. The van der Waals surface area contributed by atoms with E-state index in [1.54, 1.807) is 0 Å². The maximum atomic E-state index is 13.0. The Balaban J connectivity index is 1.83. The van der Waals surface area contributed by atoms with E-state index in [0.29, 0.717) is 0 Å². The van der Waals surface area contributed by atoms with E-state index in [0.717, 1.165) is 41.8 Å². The molecule has 23 heavy (non-hydrogen) atoms. The van der Waals surface area contributed by atoms with Crippen LogP contribution in [-0.2, 0) is 11.0 Å². The van der Waals surface area contributed by atoms with Gasteiger partial charge in [-0.05, 0) is 49.9 Å². The predicted molar refractivity (Wildman–Crippen MR) is 95.3 cm³/mol. The van der Waals surface area contributed by atoms with Crippen LogP contribution in [0.2, 0.25) is 0 Å². The van der Waals surface area contributed by atoms with Crippen LogP contribution >= 0.6 is 0 Å². The van der Waals surface area contributed by atoms with Gasteiger partial charge >= 0.3 is 0 Å². The Morgan fingerprint density at radius 2 is 1.78 bits per heavy atom. The third-order valence-electron chi connectivity index (χ3n) is 4.11. The summed E-state index contributed by atoms with van der Waals surface area (Å²) in [5.74, 6) is 6.58. The second-order valence-electron chi connectivity index (χ2n) is 5.80. The van der Waals surface area contributed by atoms with Crippen LogP contribution in [0.5, 0.6) is 0 Å². The van der Waals surface area contributed by atoms with E-state index < -0.39 is 11.0 Å². The van der Waals surface area contributed by atoms with E-state index in [1.165, 1.54) is 0 Å². The number of nitrogens with zero attached hydrogens (tertiary/aromatic N) is 1. The third-order valence-corrected chi connectivity index (χ3v) is 5.80. The molecule has 0 unspecified atom stereocenters. The first-order valence-electron chi connectivity index (χ1n) is 8.06. The Hall–Kier alpha value is -1.89. The van der Waals surface area contributed by atoms with Gasteiger partial charge in [-0.25, -0.2) is 8.51 Å². The molecule has 0 amide bonds. The van der Waals surface area contributed by atoms with Crippen LogP contribution in [0.4, 0.5) is 0 Å². The van der Waals surface area contributed by atoms with Crippen LogP contribution in [0.3, 0.4) is 0 Å². The highest BCUT2D eigenvalue weighted by atomic mass is 32.2. The lowest BCUT2D eigenvalue weighted by Gasteiger charge is -2.31. The molecular formula is C20H21NOS. The molecule has 0 aliphatic carbocycles. The maximum Gasteiger partial charge on any atom is 0.129 e.